The molecule has 0 radical (unpaired) electrons. The van der Waals surface area contributed by atoms with E-state index in [0.29, 0.717) is 41.0 Å². The summed E-state index contributed by atoms with van der Waals surface area (Å²) in [5.41, 5.74) is 1.72. The lowest BCUT2D eigenvalue weighted by molar-refractivity contribution is 0.169. The molecule has 0 unspecified atom stereocenters. The summed E-state index contributed by atoms with van der Waals surface area (Å²) in [4.78, 5) is 12.0. The van der Waals surface area contributed by atoms with Gasteiger partial charge in [-0.15, -0.1) is 0 Å². The summed E-state index contributed by atoms with van der Waals surface area (Å²) in [5.74, 6) is 7.00. The van der Waals surface area contributed by atoms with Crippen molar-refractivity contribution < 1.29 is 9.47 Å². The van der Waals surface area contributed by atoms with E-state index in [0.717, 1.165) is 5.69 Å². The van der Waals surface area contributed by atoms with Gasteiger partial charge in [0.1, 0.15) is 18.9 Å². The van der Waals surface area contributed by atoms with Gasteiger partial charge in [-0.3, -0.25) is 4.98 Å². The van der Waals surface area contributed by atoms with Gasteiger partial charge in [0.25, 0.3) is 0 Å². The predicted molar refractivity (Wildman–Crippen MR) is 78.0 cm³/mol. The summed E-state index contributed by atoms with van der Waals surface area (Å²) >= 11 is 11.7. The average Bonchev–Trinajstić information content (AvgIpc) is 2.50. The highest BCUT2D eigenvalue weighted by atomic mass is 35.5. The van der Waals surface area contributed by atoms with Crippen LogP contribution in [0.15, 0.2) is 12.4 Å². The van der Waals surface area contributed by atoms with Crippen LogP contribution in [0.4, 0.5) is 0 Å². The van der Waals surface area contributed by atoms with E-state index in [9.17, 15) is 0 Å². The van der Waals surface area contributed by atoms with Crippen LogP contribution in [0.3, 0.4) is 0 Å². The summed E-state index contributed by atoms with van der Waals surface area (Å²) in [5, 5.41) is 0.422. The van der Waals surface area contributed by atoms with Crippen molar-refractivity contribution in [3.8, 4) is 23.3 Å². The monoisotopic (exact) mass is 321 g/mol. The highest BCUT2D eigenvalue weighted by Crippen LogP contribution is 2.35. The molecule has 0 saturated heterocycles. The van der Waals surface area contributed by atoms with Crippen LogP contribution >= 0.6 is 23.2 Å². The number of fused-ring (bicyclic) bond motifs is 1. The van der Waals surface area contributed by atoms with Gasteiger partial charge >= 0.3 is 0 Å². The largest absolute Gasteiger partial charge is 0.485 e. The third-order valence-electron chi connectivity index (χ3n) is 2.77. The lowest BCUT2D eigenvalue weighted by atomic mass is 10.2. The quantitative estimate of drug-likeness (QED) is 0.551. The van der Waals surface area contributed by atoms with E-state index in [1.807, 2.05) is 6.92 Å². The Morgan fingerprint density at radius 3 is 2.62 bits per heavy atom. The van der Waals surface area contributed by atoms with Crippen LogP contribution < -0.4 is 9.47 Å². The van der Waals surface area contributed by atoms with Crippen molar-refractivity contribution in [2.75, 3.05) is 13.2 Å². The minimum Gasteiger partial charge on any atom is -0.485 e. The second-order valence-corrected chi connectivity index (χ2v) is 4.94. The zero-order chi connectivity index (χ0) is 14.8. The molecule has 0 aromatic carbocycles. The number of hydrogen-bond acceptors (Lipinski definition) is 5. The van der Waals surface area contributed by atoms with Crippen LogP contribution in [-0.2, 0) is 0 Å². The molecular formula is C14H9Cl2N3O2. The first-order valence-electron chi connectivity index (χ1n) is 6.10. The summed E-state index contributed by atoms with van der Waals surface area (Å²) < 4.78 is 11.2. The van der Waals surface area contributed by atoms with Gasteiger partial charge in [0.2, 0.25) is 5.28 Å². The van der Waals surface area contributed by atoms with Gasteiger partial charge in [0.05, 0.1) is 22.5 Å². The van der Waals surface area contributed by atoms with Gasteiger partial charge in [-0.25, -0.2) is 9.97 Å². The molecule has 5 nitrogen and oxygen atoms in total. The normalized spacial score (nSPS) is 12.5. The summed E-state index contributed by atoms with van der Waals surface area (Å²) in [6.07, 6.45) is 3.04. The molecular weight excluding hydrogens is 313 g/mol. The zero-order valence-corrected chi connectivity index (χ0v) is 12.5. The fourth-order valence-electron chi connectivity index (χ4n) is 1.81. The first-order valence-corrected chi connectivity index (χ1v) is 6.86. The Hall–Kier alpha value is -2.03. The van der Waals surface area contributed by atoms with Crippen LogP contribution in [0.1, 0.15) is 17.0 Å². The molecule has 0 fully saturated rings. The number of aryl methyl sites for hydroxylation is 1. The van der Waals surface area contributed by atoms with Gasteiger partial charge in [-0.05, 0) is 24.4 Å². The Kier molecular flexibility index (Phi) is 3.82. The topological polar surface area (TPSA) is 57.1 Å². The second kappa shape index (κ2) is 5.76. The molecule has 7 heteroatoms. The molecule has 21 heavy (non-hydrogen) atoms. The molecule has 0 bridgehead atoms. The third-order valence-corrected chi connectivity index (χ3v) is 3.23. The zero-order valence-electron chi connectivity index (χ0n) is 11.0. The Morgan fingerprint density at radius 2 is 1.81 bits per heavy atom. The molecule has 0 N–H and O–H groups in total. The lowest BCUT2D eigenvalue weighted by Gasteiger charge is -2.20. The highest BCUT2D eigenvalue weighted by Gasteiger charge is 2.18. The van der Waals surface area contributed by atoms with Crippen molar-refractivity contribution in [1.29, 1.82) is 0 Å². The molecule has 1 aliphatic rings. The summed E-state index contributed by atoms with van der Waals surface area (Å²) in [6, 6.07) is 0. The molecule has 0 saturated carbocycles. The fourth-order valence-corrected chi connectivity index (χ4v) is 2.09. The van der Waals surface area contributed by atoms with Crippen LogP contribution in [0.2, 0.25) is 10.3 Å². The van der Waals surface area contributed by atoms with Crippen molar-refractivity contribution in [3.05, 3.63) is 39.7 Å². The summed E-state index contributed by atoms with van der Waals surface area (Å²) in [7, 11) is 0. The van der Waals surface area contributed by atoms with Crippen LogP contribution in [-0.4, -0.2) is 28.2 Å². The number of pyridine rings is 1. The van der Waals surface area contributed by atoms with Gasteiger partial charge in [0.15, 0.2) is 11.5 Å². The minimum atomic E-state index is 0.0901. The molecule has 0 amide bonds. The molecule has 3 rings (SSSR count). The molecule has 1 aliphatic heterocycles. The van der Waals surface area contributed by atoms with E-state index >= 15 is 0 Å². The van der Waals surface area contributed by atoms with Crippen LogP contribution in [0.5, 0.6) is 11.5 Å². The van der Waals surface area contributed by atoms with E-state index in [2.05, 4.69) is 26.8 Å². The maximum absolute atomic E-state index is 5.97. The van der Waals surface area contributed by atoms with Gasteiger partial charge in [-0.1, -0.05) is 17.5 Å². The fraction of sp³-hybridized carbons (Fsp3) is 0.214. The molecule has 0 atom stereocenters. The van der Waals surface area contributed by atoms with Crippen molar-refractivity contribution in [2.45, 2.75) is 6.92 Å². The Bertz CT molecular complexity index is 769. The third kappa shape index (κ3) is 2.87. The van der Waals surface area contributed by atoms with E-state index < -0.39 is 0 Å². The van der Waals surface area contributed by atoms with E-state index in [1.54, 1.807) is 6.20 Å². The first kappa shape index (κ1) is 13.9. The van der Waals surface area contributed by atoms with Gasteiger partial charge in [-0.2, -0.15) is 0 Å². The maximum Gasteiger partial charge on any atom is 0.223 e. The molecule has 0 aliphatic carbocycles. The first-order chi connectivity index (χ1) is 10.1. The molecule has 0 spiro atoms. The number of halogens is 2. The molecule has 2 aromatic rings. The number of aromatic nitrogens is 3. The minimum absolute atomic E-state index is 0.0901. The van der Waals surface area contributed by atoms with E-state index in [4.69, 9.17) is 32.7 Å². The Morgan fingerprint density at radius 1 is 1.05 bits per heavy atom. The Labute approximate surface area is 131 Å². The van der Waals surface area contributed by atoms with Crippen molar-refractivity contribution in [2.24, 2.45) is 0 Å². The highest BCUT2D eigenvalue weighted by molar-refractivity contribution is 6.32. The van der Waals surface area contributed by atoms with Crippen molar-refractivity contribution in [3.63, 3.8) is 0 Å². The van der Waals surface area contributed by atoms with Crippen molar-refractivity contribution >= 4 is 23.2 Å². The summed E-state index contributed by atoms with van der Waals surface area (Å²) in [6.45, 7) is 2.83. The standard InChI is InChI=1S/C14H9Cl2N3O2/c1-8-12-13(21-5-4-20-12)9(6-17-8)2-3-11-10(15)7-18-14(16)19-11/h6-7H,4-5H2,1H3. The smallest absolute Gasteiger partial charge is 0.223 e. The number of rotatable bonds is 0. The molecule has 2 aromatic heterocycles. The van der Waals surface area contributed by atoms with Crippen LogP contribution in [0, 0.1) is 18.8 Å². The average molecular weight is 322 g/mol. The van der Waals surface area contributed by atoms with E-state index in [1.165, 1.54) is 6.20 Å². The number of nitrogens with zero attached hydrogens (tertiary/aromatic N) is 3. The van der Waals surface area contributed by atoms with E-state index in [-0.39, 0.29) is 5.28 Å². The predicted octanol–water partition coefficient (Wildman–Crippen LogP) is 2.66. The van der Waals surface area contributed by atoms with Gasteiger partial charge < -0.3 is 9.47 Å². The van der Waals surface area contributed by atoms with Gasteiger partial charge in [0, 0.05) is 6.20 Å². The van der Waals surface area contributed by atoms with Crippen LogP contribution in [0.25, 0.3) is 0 Å². The maximum atomic E-state index is 5.97. The number of hydrogen-bond donors (Lipinski definition) is 0. The number of ether oxygens (including phenoxy) is 2. The Balaban J connectivity index is 2.03. The van der Waals surface area contributed by atoms with Crippen molar-refractivity contribution in [1.82, 2.24) is 15.0 Å². The molecule has 106 valence electrons. The molecule has 3 heterocycles. The lowest BCUT2D eigenvalue weighted by Crippen LogP contribution is -2.17. The second-order valence-electron chi connectivity index (χ2n) is 4.20. The SMILES string of the molecule is Cc1ncc(C#Cc2nc(Cl)ncc2Cl)c2c1OCCO2.